The Kier molecular flexibility index (Phi) is 5.00. The number of nitrogens with zero attached hydrogens (tertiary/aromatic N) is 1. The first-order chi connectivity index (χ1) is 8.78. The fourth-order valence-corrected chi connectivity index (χ4v) is 2.84. The van der Waals surface area contributed by atoms with Gasteiger partial charge in [0.1, 0.15) is 0 Å². The van der Waals surface area contributed by atoms with Crippen LogP contribution in [0.2, 0.25) is 0 Å². The SMILES string of the molecule is C=Cc1cccc(CCC2CCCN(C)CC2)c1. The van der Waals surface area contributed by atoms with E-state index in [1.54, 1.807) is 0 Å². The molecule has 1 heterocycles. The number of hydrogen-bond acceptors (Lipinski definition) is 1. The predicted molar refractivity (Wildman–Crippen MR) is 79.7 cm³/mol. The van der Waals surface area contributed by atoms with Gasteiger partial charge in [-0.15, -0.1) is 0 Å². The van der Waals surface area contributed by atoms with E-state index in [2.05, 4.69) is 42.8 Å². The van der Waals surface area contributed by atoms with Crippen molar-refractivity contribution in [1.82, 2.24) is 4.90 Å². The molecule has 0 radical (unpaired) electrons. The van der Waals surface area contributed by atoms with E-state index in [9.17, 15) is 0 Å². The molecule has 1 unspecified atom stereocenters. The van der Waals surface area contributed by atoms with Crippen LogP contribution in [-0.4, -0.2) is 25.0 Å². The normalized spacial score (nSPS) is 21.5. The minimum Gasteiger partial charge on any atom is -0.306 e. The summed E-state index contributed by atoms with van der Waals surface area (Å²) in [6, 6.07) is 8.79. The minimum atomic E-state index is 0.919. The van der Waals surface area contributed by atoms with Gasteiger partial charge in [0.2, 0.25) is 0 Å². The van der Waals surface area contributed by atoms with E-state index in [0.717, 1.165) is 5.92 Å². The molecule has 0 aliphatic carbocycles. The molecule has 18 heavy (non-hydrogen) atoms. The van der Waals surface area contributed by atoms with Crippen molar-refractivity contribution in [2.45, 2.75) is 32.1 Å². The molecule has 1 nitrogen and oxygen atoms in total. The summed E-state index contributed by atoms with van der Waals surface area (Å²) in [5, 5.41) is 0. The first-order valence-electron chi connectivity index (χ1n) is 7.18. The molecule has 98 valence electrons. The second-order valence-corrected chi connectivity index (χ2v) is 5.59. The Bertz CT molecular complexity index is 383. The molecule has 1 aliphatic rings. The van der Waals surface area contributed by atoms with Crippen molar-refractivity contribution in [2.75, 3.05) is 20.1 Å². The molecular formula is C17H25N. The average molecular weight is 243 g/mol. The van der Waals surface area contributed by atoms with Gasteiger partial charge in [-0.05, 0) is 69.3 Å². The summed E-state index contributed by atoms with van der Waals surface area (Å²) in [4.78, 5) is 2.47. The van der Waals surface area contributed by atoms with Gasteiger partial charge in [-0.1, -0.05) is 36.9 Å². The molecule has 1 heteroatoms. The lowest BCUT2D eigenvalue weighted by molar-refractivity contribution is 0.339. The summed E-state index contributed by atoms with van der Waals surface area (Å²) in [6.07, 6.45) is 8.64. The summed E-state index contributed by atoms with van der Waals surface area (Å²) >= 11 is 0. The zero-order chi connectivity index (χ0) is 12.8. The summed E-state index contributed by atoms with van der Waals surface area (Å²) in [5.74, 6) is 0.919. The van der Waals surface area contributed by atoms with Crippen molar-refractivity contribution in [1.29, 1.82) is 0 Å². The Morgan fingerprint density at radius 1 is 1.33 bits per heavy atom. The lowest BCUT2D eigenvalue weighted by atomic mass is 9.93. The highest BCUT2D eigenvalue weighted by molar-refractivity contribution is 5.47. The smallest absolute Gasteiger partial charge is 0.00191 e. The van der Waals surface area contributed by atoms with Gasteiger partial charge in [0, 0.05) is 0 Å². The van der Waals surface area contributed by atoms with Gasteiger partial charge in [-0.2, -0.15) is 0 Å². The van der Waals surface area contributed by atoms with Gasteiger partial charge in [0.05, 0.1) is 0 Å². The third-order valence-electron chi connectivity index (χ3n) is 4.10. The van der Waals surface area contributed by atoms with Gasteiger partial charge < -0.3 is 4.90 Å². The molecule has 2 rings (SSSR count). The van der Waals surface area contributed by atoms with Gasteiger partial charge >= 0.3 is 0 Å². The second kappa shape index (κ2) is 6.75. The lowest BCUT2D eigenvalue weighted by Gasteiger charge is -2.15. The summed E-state index contributed by atoms with van der Waals surface area (Å²) in [6.45, 7) is 6.39. The Balaban J connectivity index is 1.84. The number of benzene rings is 1. The van der Waals surface area contributed by atoms with Gasteiger partial charge in [0.25, 0.3) is 0 Å². The maximum absolute atomic E-state index is 3.84. The summed E-state index contributed by atoms with van der Waals surface area (Å²) in [7, 11) is 2.25. The van der Waals surface area contributed by atoms with E-state index < -0.39 is 0 Å². The highest BCUT2D eigenvalue weighted by Crippen LogP contribution is 2.22. The van der Waals surface area contributed by atoms with Crippen molar-refractivity contribution >= 4 is 6.08 Å². The van der Waals surface area contributed by atoms with Crippen LogP contribution in [0, 0.1) is 5.92 Å². The third kappa shape index (κ3) is 3.99. The standard InChI is InChI=1S/C17H25N/c1-3-15-6-4-7-17(14-15)10-9-16-8-5-12-18(2)13-11-16/h3-4,6-7,14,16H,1,5,8-13H2,2H3. The molecule has 0 aromatic heterocycles. The topological polar surface area (TPSA) is 3.24 Å². The van der Waals surface area contributed by atoms with Crippen LogP contribution in [-0.2, 0) is 6.42 Å². The quantitative estimate of drug-likeness (QED) is 0.772. The van der Waals surface area contributed by atoms with E-state index in [0.29, 0.717) is 0 Å². The molecule has 0 N–H and O–H groups in total. The van der Waals surface area contributed by atoms with Crippen LogP contribution >= 0.6 is 0 Å². The number of likely N-dealkylation sites (tertiary alicyclic amines) is 1. The largest absolute Gasteiger partial charge is 0.306 e. The van der Waals surface area contributed by atoms with E-state index >= 15 is 0 Å². The Labute approximate surface area is 112 Å². The molecule has 1 atom stereocenters. The molecule has 1 aliphatic heterocycles. The van der Waals surface area contributed by atoms with Gasteiger partial charge in [-0.3, -0.25) is 0 Å². The monoisotopic (exact) mass is 243 g/mol. The maximum Gasteiger partial charge on any atom is -0.00191 e. The van der Waals surface area contributed by atoms with Gasteiger partial charge in [0.15, 0.2) is 0 Å². The number of rotatable bonds is 4. The van der Waals surface area contributed by atoms with E-state index in [4.69, 9.17) is 0 Å². The molecule has 0 amide bonds. The third-order valence-corrected chi connectivity index (χ3v) is 4.10. The zero-order valence-corrected chi connectivity index (χ0v) is 11.6. The highest BCUT2D eigenvalue weighted by Gasteiger charge is 2.14. The molecule has 1 aromatic carbocycles. The van der Waals surface area contributed by atoms with E-state index in [1.807, 2.05) is 6.08 Å². The molecular weight excluding hydrogens is 218 g/mol. The average Bonchev–Trinajstić information content (AvgIpc) is 2.61. The van der Waals surface area contributed by atoms with Crippen molar-refractivity contribution in [2.24, 2.45) is 5.92 Å². The van der Waals surface area contributed by atoms with Crippen molar-refractivity contribution in [3.8, 4) is 0 Å². The first kappa shape index (κ1) is 13.4. The Hall–Kier alpha value is -1.08. The fourth-order valence-electron chi connectivity index (χ4n) is 2.84. The molecule has 1 aromatic rings. The van der Waals surface area contributed by atoms with E-state index in [-0.39, 0.29) is 0 Å². The van der Waals surface area contributed by atoms with Crippen molar-refractivity contribution in [3.63, 3.8) is 0 Å². The lowest BCUT2D eigenvalue weighted by Crippen LogP contribution is -2.18. The van der Waals surface area contributed by atoms with Crippen LogP contribution in [0.4, 0.5) is 0 Å². The summed E-state index contributed by atoms with van der Waals surface area (Å²) < 4.78 is 0. The van der Waals surface area contributed by atoms with Crippen LogP contribution in [0.1, 0.15) is 36.8 Å². The molecule has 0 spiro atoms. The minimum absolute atomic E-state index is 0.919. The zero-order valence-electron chi connectivity index (χ0n) is 11.6. The highest BCUT2D eigenvalue weighted by atomic mass is 15.1. The predicted octanol–water partition coefficient (Wildman–Crippen LogP) is 3.99. The van der Waals surface area contributed by atoms with Crippen molar-refractivity contribution < 1.29 is 0 Å². The Morgan fingerprint density at radius 3 is 3.06 bits per heavy atom. The fraction of sp³-hybridized carbons (Fsp3) is 0.529. The first-order valence-corrected chi connectivity index (χ1v) is 7.18. The van der Waals surface area contributed by atoms with Crippen LogP contribution in [0.3, 0.4) is 0 Å². The number of hydrogen-bond donors (Lipinski definition) is 0. The van der Waals surface area contributed by atoms with Gasteiger partial charge in [-0.25, -0.2) is 0 Å². The summed E-state index contributed by atoms with van der Waals surface area (Å²) in [5.41, 5.74) is 2.71. The van der Waals surface area contributed by atoms with Crippen LogP contribution in [0.25, 0.3) is 6.08 Å². The number of aryl methyl sites for hydroxylation is 1. The van der Waals surface area contributed by atoms with E-state index in [1.165, 1.54) is 56.3 Å². The Morgan fingerprint density at radius 2 is 2.22 bits per heavy atom. The molecule has 0 bridgehead atoms. The van der Waals surface area contributed by atoms with Crippen LogP contribution in [0.5, 0.6) is 0 Å². The molecule has 0 saturated carbocycles. The second-order valence-electron chi connectivity index (χ2n) is 5.59. The molecule has 1 saturated heterocycles. The van der Waals surface area contributed by atoms with Crippen LogP contribution < -0.4 is 0 Å². The van der Waals surface area contributed by atoms with Crippen molar-refractivity contribution in [3.05, 3.63) is 42.0 Å². The maximum atomic E-state index is 3.84. The van der Waals surface area contributed by atoms with Crippen LogP contribution in [0.15, 0.2) is 30.8 Å². The molecule has 1 fully saturated rings.